The number of hydrogen-bond acceptors (Lipinski definition) is 7. The van der Waals surface area contributed by atoms with Gasteiger partial charge in [0, 0.05) is 41.2 Å². The van der Waals surface area contributed by atoms with E-state index in [0.29, 0.717) is 22.5 Å². The Hall–Kier alpha value is -4.01. The van der Waals surface area contributed by atoms with Crippen molar-refractivity contribution < 1.29 is 38.9 Å². The fraction of sp³-hybridized carbons (Fsp3) is 0.393. The number of likely N-dealkylation sites (tertiary alicyclic amines) is 1. The van der Waals surface area contributed by atoms with Gasteiger partial charge in [-0.2, -0.15) is 0 Å². The molecule has 2 N–H and O–H groups in total. The Morgan fingerprint density at radius 3 is 2.59 bits per heavy atom. The normalized spacial score (nSPS) is 26.9. The number of nitrogens with zero attached hydrogens (tertiary/aromatic N) is 1. The maximum Gasteiger partial charge on any atom is 0.303 e. The SMILES string of the molecule is COc1ccc(O)c([C@H]2C3=CC[C@@H]4C(=O)N(CCCC(=O)O)C(=O)[C@@H]4[C@@H]3CC3=C2C(=O)C=C(C)C3=O)c1. The van der Waals surface area contributed by atoms with E-state index in [9.17, 15) is 29.1 Å². The Bertz CT molecular complexity index is 1350. The van der Waals surface area contributed by atoms with E-state index in [1.54, 1.807) is 19.1 Å². The molecule has 2 amide bonds. The second-order valence-corrected chi connectivity index (χ2v) is 9.98. The minimum absolute atomic E-state index is 0.0202. The first-order valence-electron chi connectivity index (χ1n) is 12.3. The van der Waals surface area contributed by atoms with Crippen molar-refractivity contribution >= 4 is 29.4 Å². The molecule has 37 heavy (non-hydrogen) atoms. The number of hydrogen-bond donors (Lipinski definition) is 2. The maximum absolute atomic E-state index is 13.5. The monoisotopic (exact) mass is 505 g/mol. The van der Waals surface area contributed by atoms with Crippen LogP contribution >= 0.6 is 0 Å². The predicted octanol–water partition coefficient (Wildman–Crippen LogP) is 2.70. The predicted molar refractivity (Wildman–Crippen MR) is 130 cm³/mol. The molecule has 0 aromatic heterocycles. The molecule has 1 aromatic rings. The molecule has 0 unspecified atom stereocenters. The number of amides is 2. The van der Waals surface area contributed by atoms with Gasteiger partial charge in [-0.3, -0.25) is 28.9 Å². The number of ether oxygens (including phenoxy) is 1. The second kappa shape index (κ2) is 9.14. The van der Waals surface area contributed by atoms with Crippen LogP contribution in [0.3, 0.4) is 0 Å². The third-order valence-electron chi connectivity index (χ3n) is 7.97. The third kappa shape index (κ3) is 3.89. The summed E-state index contributed by atoms with van der Waals surface area (Å²) in [6, 6.07) is 4.68. The topological polar surface area (TPSA) is 138 Å². The fourth-order valence-corrected chi connectivity index (χ4v) is 6.30. The average molecular weight is 506 g/mol. The quantitative estimate of drug-likeness (QED) is 0.342. The van der Waals surface area contributed by atoms with Crippen LogP contribution in [0.4, 0.5) is 0 Å². The molecule has 9 heteroatoms. The molecule has 4 atom stereocenters. The zero-order valence-electron chi connectivity index (χ0n) is 20.5. The Kier molecular flexibility index (Phi) is 6.09. The smallest absolute Gasteiger partial charge is 0.303 e. The highest BCUT2D eigenvalue weighted by Crippen LogP contribution is 2.56. The Balaban J connectivity index is 1.61. The summed E-state index contributed by atoms with van der Waals surface area (Å²) in [5.74, 6) is -4.55. The van der Waals surface area contributed by atoms with Gasteiger partial charge in [-0.1, -0.05) is 11.6 Å². The molecule has 4 aliphatic rings. The van der Waals surface area contributed by atoms with Gasteiger partial charge in [0.05, 0.1) is 18.9 Å². The Morgan fingerprint density at radius 2 is 1.89 bits per heavy atom. The van der Waals surface area contributed by atoms with Gasteiger partial charge in [-0.15, -0.1) is 0 Å². The van der Waals surface area contributed by atoms with Gasteiger partial charge in [0.25, 0.3) is 0 Å². The number of allylic oxidation sites excluding steroid dienone is 6. The van der Waals surface area contributed by atoms with E-state index in [2.05, 4.69) is 0 Å². The molecule has 3 aliphatic carbocycles. The number of carboxylic acid groups (broad SMARTS) is 1. The van der Waals surface area contributed by atoms with Gasteiger partial charge in [0.15, 0.2) is 11.6 Å². The lowest BCUT2D eigenvalue weighted by Crippen LogP contribution is -2.40. The summed E-state index contributed by atoms with van der Waals surface area (Å²) in [6.07, 6.45) is 3.60. The van der Waals surface area contributed by atoms with Crippen molar-refractivity contribution in [3.8, 4) is 11.5 Å². The molecule has 1 fully saturated rings. The van der Waals surface area contributed by atoms with E-state index in [1.807, 2.05) is 6.08 Å². The number of aliphatic carboxylic acids is 1. The molecule has 0 saturated carbocycles. The van der Waals surface area contributed by atoms with Crippen molar-refractivity contribution in [3.63, 3.8) is 0 Å². The molecule has 9 nitrogen and oxygen atoms in total. The minimum Gasteiger partial charge on any atom is -0.508 e. The van der Waals surface area contributed by atoms with Crippen molar-refractivity contribution in [2.24, 2.45) is 17.8 Å². The van der Waals surface area contributed by atoms with Crippen LogP contribution < -0.4 is 4.74 Å². The first kappa shape index (κ1) is 24.7. The minimum atomic E-state index is -1.00. The number of Topliss-reactive ketones (excluding diaryl/α,β-unsaturated/α-hetero) is 1. The molecule has 0 spiro atoms. The number of benzene rings is 1. The van der Waals surface area contributed by atoms with E-state index >= 15 is 0 Å². The highest BCUT2D eigenvalue weighted by atomic mass is 16.5. The fourth-order valence-electron chi connectivity index (χ4n) is 6.30. The molecule has 1 aliphatic heterocycles. The summed E-state index contributed by atoms with van der Waals surface area (Å²) < 4.78 is 5.35. The van der Waals surface area contributed by atoms with Crippen molar-refractivity contribution in [3.05, 3.63) is 58.2 Å². The lowest BCUT2D eigenvalue weighted by atomic mass is 9.59. The van der Waals surface area contributed by atoms with Crippen LogP contribution in [-0.4, -0.2) is 58.1 Å². The van der Waals surface area contributed by atoms with Gasteiger partial charge in [0.1, 0.15) is 11.5 Å². The molecular weight excluding hydrogens is 478 g/mol. The van der Waals surface area contributed by atoms with Crippen molar-refractivity contribution in [1.82, 2.24) is 4.90 Å². The largest absolute Gasteiger partial charge is 0.508 e. The highest BCUT2D eigenvalue weighted by Gasteiger charge is 2.56. The summed E-state index contributed by atoms with van der Waals surface area (Å²) in [7, 11) is 1.48. The molecular formula is C28H27NO8. The number of phenolic OH excluding ortho intramolecular Hbond substituents is 1. The number of carbonyl (C=O) groups is 5. The number of carbonyl (C=O) groups excluding carboxylic acids is 4. The van der Waals surface area contributed by atoms with Crippen LogP contribution in [0, 0.1) is 17.8 Å². The standard InChI is InChI=1S/C28H27NO8/c1-13-10-21(31)25-19(26(13)34)12-17-15(23(25)18-11-14(37-2)5-8-20(18)30)6-7-16-24(17)28(36)29(27(16)35)9-3-4-22(32)33/h5-6,8,10-11,16-17,23-24,30H,3-4,7,9,12H2,1-2H3,(H,32,33)/t16-,17+,23+,24-/m0/s1. The summed E-state index contributed by atoms with van der Waals surface area (Å²) in [6.45, 7) is 1.60. The first-order valence-corrected chi connectivity index (χ1v) is 12.3. The second-order valence-electron chi connectivity index (χ2n) is 9.98. The summed E-state index contributed by atoms with van der Waals surface area (Å²) >= 11 is 0. The van der Waals surface area contributed by atoms with Crippen LogP contribution in [0.2, 0.25) is 0 Å². The van der Waals surface area contributed by atoms with E-state index < -0.39 is 29.6 Å². The van der Waals surface area contributed by atoms with E-state index in [1.165, 1.54) is 19.3 Å². The molecule has 0 radical (unpaired) electrons. The van der Waals surface area contributed by atoms with Crippen LogP contribution in [0.1, 0.15) is 44.1 Å². The Morgan fingerprint density at radius 1 is 1.14 bits per heavy atom. The van der Waals surface area contributed by atoms with Crippen LogP contribution in [-0.2, 0) is 24.0 Å². The third-order valence-corrected chi connectivity index (χ3v) is 7.97. The molecule has 5 rings (SSSR count). The molecule has 1 aromatic carbocycles. The number of aromatic hydroxyl groups is 1. The van der Waals surface area contributed by atoms with Crippen LogP contribution in [0.25, 0.3) is 0 Å². The first-order chi connectivity index (χ1) is 17.6. The maximum atomic E-state index is 13.5. The number of ketones is 2. The van der Waals surface area contributed by atoms with Gasteiger partial charge < -0.3 is 14.9 Å². The summed E-state index contributed by atoms with van der Waals surface area (Å²) in [5, 5.41) is 19.8. The Labute approximate surface area is 213 Å². The van der Waals surface area contributed by atoms with Gasteiger partial charge in [0.2, 0.25) is 11.8 Å². The number of fused-ring (bicyclic) bond motifs is 3. The highest BCUT2D eigenvalue weighted by molar-refractivity contribution is 6.23. The number of methoxy groups -OCH3 is 1. The summed E-state index contributed by atoms with van der Waals surface area (Å²) in [4.78, 5) is 65.3. The van der Waals surface area contributed by atoms with Crippen molar-refractivity contribution in [2.45, 2.75) is 38.5 Å². The van der Waals surface area contributed by atoms with Crippen molar-refractivity contribution in [1.29, 1.82) is 0 Å². The lowest BCUT2D eigenvalue weighted by Gasteiger charge is -2.42. The lowest BCUT2D eigenvalue weighted by molar-refractivity contribution is -0.142. The molecule has 192 valence electrons. The number of phenols is 1. The zero-order valence-corrected chi connectivity index (χ0v) is 20.5. The van der Waals surface area contributed by atoms with Gasteiger partial charge >= 0.3 is 5.97 Å². The van der Waals surface area contributed by atoms with Crippen LogP contribution in [0.15, 0.2) is 52.6 Å². The average Bonchev–Trinajstić information content (AvgIpc) is 3.11. The number of imide groups is 1. The van der Waals surface area contributed by atoms with Crippen molar-refractivity contribution in [2.75, 3.05) is 13.7 Å². The molecule has 0 bridgehead atoms. The molecule has 1 saturated heterocycles. The van der Waals surface area contributed by atoms with Gasteiger partial charge in [-0.25, -0.2) is 0 Å². The zero-order chi connectivity index (χ0) is 26.6. The molecule has 1 heterocycles. The van der Waals surface area contributed by atoms with Gasteiger partial charge in [-0.05, 0) is 56.4 Å². The summed E-state index contributed by atoms with van der Waals surface area (Å²) in [5.41, 5.74) is 2.03. The number of carboxylic acids is 1. The number of rotatable bonds is 6. The van der Waals surface area contributed by atoms with Crippen LogP contribution in [0.5, 0.6) is 11.5 Å². The van der Waals surface area contributed by atoms with E-state index in [4.69, 9.17) is 9.84 Å². The van der Waals surface area contributed by atoms with E-state index in [-0.39, 0.29) is 66.9 Å². The van der Waals surface area contributed by atoms with E-state index in [0.717, 1.165) is 10.5 Å².